The number of ether oxygens (including phenoxy) is 1. The zero-order valence-corrected chi connectivity index (χ0v) is 10.6. The summed E-state index contributed by atoms with van der Waals surface area (Å²) in [5.41, 5.74) is 0.929. The van der Waals surface area contributed by atoms with Gasteiger partial charge in [-0.15, -0.1) is 0 Å². The van der Waals surface area contributed by atoms with Crippen LogP contribution in [0, 0.1) is 18.6 Å². The van der Waals surface area contributed by atoms with Gasteiger partial charge in [0.15, 0.2) is 0 Å². The summed E-state index contributed by atoms with van der Waals surface area (Å²) in [5, 5.41) is 2.84. The summed E-state index contributed by atoms with van der Waals surface area (Å²) in [7, 11) is 1.50. The minimum atomic E-state index is -0.485. The number of aryl methyl sites for hydroxylation is 1. The number of rotatable bonds is 4. The van der Waals surface area contributed by atoms with Crippen LogP contribution >= 0.6 is 0 Å². The number of nitrogens with zero attached hydrogens (tertiary/aromatic N) is 2. The number of hydrogen-bond donors (Lipinski definition) is 1. The number of nitrogens with one attached hydrogen (secondary N) is 1. The normalized spacial score (nSPS) is 10.3. The lowest BCUT2D eigenvalue weighted by Crippen LogP contribution is -2.07. The summed E-state index contributed by atoms with van der Waals surface area (Å²) in [5.74, 6) is -0.246. The highest BCUT2D eigenvalue weighted by Gasteiger charge is 2.06. The summed E-state index contributed by atoms with van der Waals surface area (Å²) in [6, 6.07) is 4.97. The Hall–Kier alpha value is -2.24. The van der Waals surface area contributed by atoms with Crippen molar-refractivity contribution in [2.75, 3.05) is 12.4 Å². The Morgan fingerprint density at radius 2 is 2.00 bits per heavy atom. The summed E-state index contributed by atoms with van der Waals surface area (Å²) in [6.45, 7) is 1.88. The fraction of sp³-hybridized carbons (Fsp3) is 0.231. The maximum Gasteiger partial charge on any atom is 0.226 e. The second-order valence-corrected chi connectivity index (χ2v) is 3.96. The van der Waals surface area contributed by atoms with Gasteiger partial charge in [-0.1, -0.05) is 0 Å². The van der Waals surface area contributed by atoms with Crippen LogP contribution in [0.1, 0.15) is 11.3 Å². The molecule has 0 aliphatic heterocycles. The highest BCUT2D eigenvalue weighted by molar-refractivity contribution is 5.32. The van der Waals surface area contributed by atoms with E-state index in [-0.39, 0.29) is 12.1 Å². The molecule has 19 heavy (non-hydrogen) atoms. The molecule has 0 fully saturated rings. The van der Waals surface area contributed by atoms with E-state index in [9.17, 15) is 8.78 Å². The number of hydrogen-bond acceptors (Lipinski definition) is 4. The van der Waals surface area contributed by atoms with Gasteiger partial charge in [0.25, 0.3) is 0 Å². The Balaban J connectivity index is 2.14. The fourth-order valence-electron chi connectivity index (χ4n) is 1.58. The number of halogens is 2. The van der Waals surface area contributed by atoms with Crippen molar-refractivity contribution in [2.45, 2.75) is 13.5 Å². The number of anilines is 1. The molecule has 2 rings (SSSR count). The maximum absolute atomic E-state index is 13.4. The SMILES string of the molecule is COc1cc(C)nc(NCc2cc(F)ccc2F)n1. The van der Waals surface area contributed by atoms with Crippen molar-refractivity contribution >= 4 is 5.95 Å². The van der Waals surface area contributed by atoms with E-state index in [0.29, 0.717) is 17.5 Å². The Labute approximate surface area is 109 Å². The third kappa shape index (κ3) is 3.37. The molecule has 0 aliphatic rings. The van der Waals surface area contributed by atoms with Gasteiger partial charge in [0, 0.05) is 23.9 Å². The Bertz CT molecular complexity index is 590. The first-order valence-corrected chi connectivity index (χ1v) is 5.66. The largest absolute Gasteiger partial charge is 0.481 e. The summed E-state index contributed by atoms with van der Waals surface area (Å²) in [6.07, 6.45) is 0. The first-order chi connectivity index (χ1) is 9.08. The lowest BCUT2D eigenvalue weighted by molar-refractivity contribution is 0.397. The van der Waals surface area contributed by atoms with Crippen LogP contribution in [-0.4, -0.2) is 17.1 Å². The van der Waals surface area contributed by atoms with Gasteiger partial charge >= 0.3 is 0 Å². The molecular formula is C13H13F2N3O. The Kier molecular flexibility index (Phi) is 3.89. The van der Waals surface area contributed by atoms with E-state index in [1.54, 1.807) is 13.0 Å². The lowest BCUT2D eigenvalue weighted by Gasteiger charge is -2.08. The topological polar surface area (TPSA) is 47.0 Å². The minimum Gasteiger partial charge on any atom is -0.481 e. The minimum absolute atomic E-state index is 0.0935. The quantitative estimate of drug-likeness (QED) is 0.923. The molecule has 0 unspecified atom stereocenters. The van der Waals surface area contributed by atoms with E-state index in [1.807, 2.05) is 0 Å². The molecule has 0 atom stereocenters. The standard InChI is InChI=1S/C13H13F2N3O/c1-8-5-12(19-2)18-13(17-8)16-7-9-6-10(14)3-4-11(9)15/h3-6H,7H2,1-2H3,(H,16,17,18). The highest BCUT2D eigenvalue weighted by atomic mass is 19.1. The molecule has 0 amide bonds. The first kappa shape index (κ1) is 13.2. The molecule has 4 nitrogen and oxygen atoms in total. The van der Waals surface area contributed by atoms with Gasteiger partial charge in [-0.05, 0) is 25.1 Å². The van der Waals surface area contributed by atoms with Crippen molar-refractivity contribution in [2.24, 2.45) is 0 Å². The van der Waals surface area contributed by atoms with Crippen molar-refractivity contribution in [3.05, 3.63) is 47.2 Å². The zero-order chi connectivity index (χ0) is 13.8. The molecule has 0 bridgehead atoms. The van der Waals surface area contributed by atoms with Crippen molar-refractivity contribution in [3.63, 3.8) is 0 Å². The van der Waals surface area contributed by atoms with Crippen LogP contribution < -0.4 is 10.1 Å². The van der Waals surface area contributed by atoms with Gasteiger partial charge in [0.1, 0.15) is 11.6 Å². The molecule has 1 aromatic heterocycles. The van der Waals surface area contributed by atoms with Gasteiger partial charge in [-0.25, -0.2) is 13.8 Å². The van der Waals surface area contributed by atoms with E-state index in [0.717, 1.165) is 18.2 Å². The number of aromatic nitrogens is 2. The zero-order valence-electron chi connectivity index (χ0n) is 10.6. The van der Waals surface area contributed by atoms with E-state index in [1.165, 1.54) is 7.11 Å². The summed E-state index contributed by atoms with van der Waals surface area (Å²) < 4.78 is 31.4. The van der Waals surface area contributed by atoms with Crippen LogP contribution in [0.15, 0.2) is 24.3 Å². The third-order valence-corrected chi connectivity index (χ3v) is 2.48. The molecule has 0 aliphatic carbocycles. The van der Waals surface area contributed by atoms with Gasteiger partial charge in [0.05, 0.1) is 7.11 Å². The summed E-state index contributed by atoms with van der Waals surface area (Å²) >= 11 is 0. The molecule has 0 saturated carbocycles. The second kappa shape index (κ2) is 5.60. The predicted molar refractivity (Wildman–Crippen MR) is 67.0 cm³/mol. The maximum atomic E-state index is 13.4. The average molecular weight is 265 g/mol. The van der Waals surface area contributed by atoms with Gasteiger partial charge < -0.3 is 10.1 Å². The smallest absolute Gasteiger partial charge is 0.226 e. The molecule has 1 heterocycles. The van der Waals surface area contributed by atoms with E-state index < -0.39 is 11.6 Å². The number of benzene rings is 1. The van der Waals surface area contributed by atoms with Crippen LogP contribution in [0.25, 0.3) is 0 Å². The van der Waals surface area contributed by atoms with Gasteiger partial charge in [0.2, 0.25) is 11.8 Å². The van der Waals surface area contributed by atoms with Crippen molar-refractivity contribution in [1.82, 2.24) is 9.97 Å². The molecular weight excluding hydrogens is 252 g/mol. The number of methoxy groups -OCH3 is 1. The Morgan fingerprint density at radius 1 is 1.21 bits per heavy atom. The molecule has 0 saturated heterocycles. The monoisotopic (exact) mass is 265 g/mol. The third-order valence-electron chi connectivity index (χ3n) is 2.48. The van der Waals surface area contributed by atoms with Crippen LogP contribution in [0.3, 0.4) is 0 Å². The molecule has 100 valence electrons. The summed E-state index contributed by atoms with van der Waals surface area (Å²) in [4.78, 5) is 8.19. The van der Waals surface area contributed by atoms with Crippen LogP contribution in [0.5, 0.6) is 5.88 Å². The van der Waals surface area contributed by atoms with Crippen molar-refractivity contribution in [3.8, 4) is 5.88 Å². The predicted octanol–water partition coefficient (Wildman–Crippen LogP) is 2.68. The van der Waals surface area contributed by atoms with Crippen LogP contribution in [-0.2, 0) is 6.54 Å². The van der Waals surface area contributed by atoms with E-state index in [4.69, 9.17) is 4.74 Å². The fourth-order valence-corrected chi connectivity index (χ4v) is 1.58. The molecule has 0 radical (unpaired) electrons. The van der Waals surface area contributed by atoms with Crippen LogP contribution in [0.4, 0.5) is 14.7 Å². The average Bonchev–Trinajstić information content (AvgIpc) is 2.39. The first-order valence-electron chi connectivity index (χ1n) is 5.66. The van der Waals surface area contributed by atoms with Crippen molar-refractivity contribution < 1.29 is 13.5 Å². The van der Waals surface area contributed by atoms with Crippen molar-refractivity contribution in [1.29, 1.82) is 0 Å². The molecule has 2 aromatic rings. The lowest BCUT2D eigenvalue weighted by atomic mass is 10.2. The van der Waals surface area contributed by atoms with Gasteiger partial charge in [-0.2, -0.15) is 4.98 Å². The van der Waals surface area contributed by atoms with E-state index >= 15 is 0 Å². The molecule has 1 aromatic carbocycles. The second-order valence-electron chi connectivity index (χ2n) is 3.96. The molecule has 1 N–H and O–H groups in total. The van der Waals surface area contributed by atoms with Crippen LogP contribution in [0.2, 0.25) is 0 Å². The van der Waals surface area contributed by atoms with Gasteiger partial charge in [-0.3, -0.25) is 0 Å². The Morgan fingerprint density at radius 3 is 2.74 bits per heavy atom. The highest BCUT2D eigenvalue weighted by Crippen LogP contribution is 2.14. The molecule has 6 heteroatoms. The van der Waals surface area contributed by atoms with E-state index in [2.05, 4.69) is 15.3 Å². The molecule has 0 spiro atoms.